The van der Waals surface area contributed by atoms with Crippen LogP contribution in [0, 0.1) is 11.7 Å². The third-order valence-electron chi connectivity index (χ3n) is 3.51. The van der Waals surface area contributed by atoms with Crippen LogP contribution in [-0.4, -0.2) is 15.7 Å². The molecule has 2 aromatic rings. The summed E-state index contributed by atoms with van der Waals surface area (Å²) in [5.41, 5.74) is 0.695. The lowest BCUT2D eigenvalue weighted by Gasteiger charge is -2.24. The van der Waals surface area contributed by atoms with Crippen LogP contribution in [0.1, 0.15) is 19.3 Å². The molecule has 3 rings (SSSR count). The zero-order valence-corrected chi connectivity index (χ0v) is 12.2. The Kier molecular flexibility index (Phi) is 3.56. The molecule has 0 bridgehead atoms. The Hall–Kier alpha value is -1.69. The number of carbonyl (C=O) groups is 1. The van der Waals surface area contributed by atoms with Gasteiger partial charge in [-0.05, 0) is 53.0 Å². The molecule has 0 saturated heterocycles. The van der Waals surface area contributed by atoms with E-state index >= 15 is 0 Å². The number of rotatable bonds is 3. The summed E-state index contributed by atoms with van der Waals surface area (Å²) in [4.78, 5) is 12.0. The summed E-state index contributed by atoms with van der Waals surface area (Å²) in [6.07, 6.45) is 4.60. The fourth-order valence-electron chi connectivity index (χ4n) is 2.11. The zero-order chi connectivity index (χ0) is 14.1. The molecule has 0 radical (unpaired) electrons. The van der Waals surface area contributed by atoms with E-state index in [-0.39, 0.29) is 17.6 Å². The Balaban J connectivity index is 1.88. The van der Waals surface area contributed by atoms with Gasteiger partial charge in [-0.25, -0.2) is 9.07 Å². The maximum Gasteiger partial charge on any atom is 0.228 e. The summed E-state index contributed by atoms with van der Waals surface area (Å²) in [5, 5.41) is 7.10. The van der Waals surface area contributed by atoms with Gasteiger partial charge >= 0.3 is 0 Å². The predicted octanol–water partition coefficient (Wildman–Crippen LogP) is 3.51. The number of hydrogen-bond donors (Lipinski definition) is 1. The largest absolute Gasteiger partial charge is 0.309 e. The standard InChI is InChI=1S/C14H13BrFN3O/c15-12-8-17-19(11-6-4-10(16)5-7-11)13(12)18-14(20)9-2-1-3-9/h4-9H,1-3H2,(H,18,20). The summed E-state index contributed by atoms with van der Waals surface area (Å²) in [7, 11) is 0. The van der Waals surface area contributed by atoms with Crippen molar-refractivity contribution < 1.29 is 9.18 Å². The normalized spacial score (nSPS) is 14.9. The van der Waals surface area contributed by atoms with Crippen LogP contribution in [0.5, 0.6) is 0 Å². The number of hydrogen-bond acceptors (Lipinski definition) is 2. The van der Waals surface area contributed by atoms with Crippen molar-refractivity contribution in [1.29, 1.82) is 0 Å². The molecule has 104 valence electrons. The molecule has 1 aromatic heterocycles. The topological polar surface area (TPSA) is 46.9 Å². The number of nitrogens with one attached hydrogen (secondary N) is 1. The molecule has 1 fully saturated rings. The predicted molar refractivity (Wildman–Crippen MR) is 77.2 cm³/mol. The van der Waals surface area contributed by atoms with E-state index in [9.17, 15) is 9.18 Å². The fourth-order valence-corrected chi connectivity index (χ4v) is 2.47. The Morgan fingerprint density at radius 3 is 2.65 bits per heavy atom. The summed E-state index contributed by atoms with van der Waals surface area (Å²) in [6, 6.07) is 5.96. The molecule has 6 heteroatoms. The first-order valence-electron chi connectivity index (χ1n) is 6.45. The second kappa shape index (κ2) is 5.36. The van der Waals surface area contributed by atoms with Gasteiger partial charge in [0.2, 0.25) is 5.91 Å². The number of carbonyl (C=O) groups excluding carboxylic acids is 1. The summed E-state index contributed by atoms with van der Waals surface area (Å²) >= 11 is 3.37. The number of aromatic nitrogens is 2. The van der Waals surface area contributed by atoms with E-state index in [0.717, 1.165) is 19.3 Å². The number of benzene rings is 1. The van der Waals surface area contributed by atoms with Crippen molar-refractivity contribution in [3.8, 4) is 5.69 Å². The van der Waals surface area contributed by atoms with Gasteiger partial charge in [0.25, 0.3) is 0 Å². The Morgan fingerprint density at radius 1 is 1.35 bits per heavy atom. The van der Waals surface area contributed by atoms with E-state index < -0.39 is 0 Å². The molecule has 1 saturated carbocycles. The highest BCUT2D eigenvalue weighted by Crippen LogP contribution is 2.30. The Bertz CT molecular complexity index is 634. The van der Waals surface area contributed by atoms with Gasteiger partial charge in [-0.3, -0.25) is 4.79 Å². The van der Waals surface area contributed by atoms with Crippen molar-refractivity contribution in [2.45, 2.75) is 19.3 Å². The molecule has 1 heterocycles. The molecule has 1 amide bonds. The molecular formula is C14H13BrFN3O. The van der Waals surface area contributed by atoms with Crippen LogP contribution in [0.3, 0.4) is 0 Å². The highest BCUT2D eigenvalue weighted by Gasteiger charge is 2.26. The van der Waals surface area contributed by atoms with Gasteiger partial charge in [-0.1, -0.05) is 6.42 Å². The molecule has 0 unspecified atom stereocenters. The second-order valence-electron chi connectivity index (χ2n) is 4.85. The van der Waals surface area contributed by atoms with E-state index in [4.69, 9.17) is 0 Å². The monoisotopic (exact) mass is 337 g/mol. The lowest BCUT2D eigenvalue weighted by Crippen LogP contribution is -2.29. The summed E-state index contributed by atoms with van der Waals surface area (Å²) < 4.78 is 15.3. The van der Waals surface area contributed by atoms with Gasteiger partial charge in [0.15, 0.2) is 5.82 Å². The van der Waals surface area contributed by atoms with Crippen LogP contribution in [0.25, 0.3) is 5.69 Å². The molecule has 1 aromatic carbocycles. The minimum Gasteiger partial charge on any atom is -0.309 e. The third kappa shape index (κ3) is 2.47. The molecule has 1 aliphatic rings. The quantitative estimate of drug-likeness (QED) is 0.931. The Labute approximate surface area is 124 Å². The van der Waals surface area contributed by atoms with Crippen LogP contribution >= 0.6 is 15.9 Å². The van der Waals surface area contributed by atoms with Crippen LogP contribution in [-0.2, 0) is 4.79 Å². The zero-order valence-electron chi connectivity index (χ0n) is 10.6. The average molecular weight is 338 g/mol. The first kappa shape index (κ1) is 13.3. The minimum absolute atomic E-state index is 0.0146. The molecular weight excluding hydrogens is 325 g/mol. The number of anilines is 1. The maximum absolute atomic E-state index is 13.0. The van der Waals surface area contributed by atoms with Crippen LogP contribution in [0.2, 0.25) is 0 Å². The van der Waals surface area contributed by atoms with Crippen molar-refractivity contribution in [3.63, 3.8) is 0 Å². The molecule has 20 heavy (non-hydrogen) atoms. The highest BCUT2D eigenvalue weighted by atomic mass is 79.9. The van der Waals surface area contributed by atoms with Crippen molar-refractivity contribution in [3.05, 3.63) is 40.8 Å². The minimum atomic E-state index is -0.306. The van der Waals surface area contributed by atoms with Crippen molar-refractivity contribution in [2.75, 3.05) is 5.32 Å². The Morgan fingerprint density at radius 2 is 2.05 bits per heavy atom. The van der Waals surface area contributed by atoms with Gasteiger partial charge in [-0.15, -0.1) is 0 Å². The van der Waals surface area contributed by atoms with E-state index in [1.165, 1.54) is 12.1 Å². The lowest BCUT2D eigenvalue weighted by atomic mass is 9.85. The average Bonchev–Trinajstić information content (AvgIpc) is 2.70. The van der Waals surface area contributed by atoms with Crippen molar-refractivity contribution >= 4 is 27.7 Å². The first-order valence-corrected chi connectivity index (χ1v) is 7.25. The van der Waals surface area contributed by atoms with Gasteiger partial charge < -0.3 is 5.32 Å². The van der Waals surface area contributed by atoms with Gasteiger partial charge in [0, 0.05) is 5.92 Å². The smallest absolute Gasteiger partial charge is 0.228 e. The molecule has 1 aliphatic carbocycles. The number of nitrogens with zero attached hydrogens (tertiary/aromatic N) is 2. The molecule has 4 nitrogen and oxygen atoms in total. The number of amides is 1. The van der Waals surface area contributed by atoms with E-state index in [1.54, 1.807) is 23.0 Å². The van der Waals surface area contributed by atoms with Gasteiger partial charge in [-0.2, -0.15) is 5.10 Å². The van der Waals surface area contributed by atoms with E-state index in [2.05, 4.69) is 26.3 Å². The summed E-state index contributed by atoms with van der Waals surface area (Å²) in [6.45, 7) is 0. The lowest BCUT2D eigenvalue weighted by molar-refractivity contribution is -0.122. The third-order valence-corrected chi connectivity index (χ3v) is 4.09. The SMILES string of the molecule is O=C(Nc1c(Br)cnn1-c1ccc(F)cc1)C1CCC1. The molecule has 0 aliphatic heterocycles. The van der Waals surface area contributed by atoms with E-state index in [1.807, 2.05) is 0 Å². The van der Waals surface area contributed by atoms with Gasteiger partial charge in [0.05, 0.1) is 16.4 Å². The van der Waals surface area contributed by atoms with Crippen LogP contribution in [0.4, 0.5) is 10.2 Å². The second-order valence-corrected chi connectivity index (χ2v) is 5.70. The maximum atomic E-state index is 13.0. The van der Waals surface area contributed by atoms with Gasteiger partial charge in [0.1, 0.15) is 5.82 Å². The molecule has 0 spiro atoms. The van der Waals surface area contributed by atoms with Crippen LogP contribution < -0.4 is 5.32 Å². The number of halogens is 2. The first-order chi connectivity index (χ1) is 9.65. The van der Waals surface area contributed by atoms with Crippen molar-refractivity contribution in [1.82, 2.24) is 9.78 Å². The molecule has 0 atom stereocenters. The highest BCUT2D eigenvalue weighted by molar-refractivity contribution is 9.10. The molecule has 1 N–H and O–H groups in total. The summed E-state index contributed by atoms with van der Waals surface area (Å²) in [5.74, 6) is 0.382. The van der Waals surface area contributed by atoms with Crippen LogP contribution in [0.15, 0.2) is 34.9 Å². The van der Waals surface area contributed by atoms with Crippen molar-refractivity contribution in [2.24, 2.45) is 5.92 Å². The van der Waals surface area contributed by atoms with E-state index in [0.29, 0.717) is 16.0 Å². The fraction of sp³-hybridized carbons (Fsp3) is 0.286.